The molecule has 2 aromatic carbocycles. The Kier molecular flexibility index (Phi) is 5.02. The molecule has 0 aliphatic rings. The van der Waals surface area contributed by atoms with Crippen LogP contribution < -0.4 is 9.46 Å². The zero-order valence-electron chi connectivity index (χ0n) is 12.4. The molecule has 130 valence electrons. The lowest BCUT2D eigenvalue weighted by molar-refractivity contribution is -0.140. The van der Waals surface area contributed by atoms with Crippen LogP contribution in [0.25, 0.3) is 0 Å². The van der Waals surface area contributed by atoms with Crippen LogP contribution in [0.15, 0.2) is 47.4 Å². The first-order chi connectivity index (χ1) is 11.1. The average molecular weight is 363 g/mol. The highest BCUT2D eigenvalue weighted by molar-refractivity contribution is 7.92. The van der Waals surface area contributed by atoms with E-state index in [1.165, 1.54) is 18.2 Å². The van der Waals surface area contributed by atoms with Gasteiger partial charge in [-0.2, -0.15) is 13.2 Å². The van der Waals surface area contributed by atoms with Crippen LogP contribution in [-0.4, -0.2) is 15.0 Å². The van der Waals surface area contributed by atoms with E-state index in [1.807, 2.05) is 0 Å². The fraction of sp³-hybridized carbons (Fsp3) is 0.200. The zero-order valence-corrected chi connectivity index (χ0v) is 13.2. The number of hydrogen-bond donors (Lipinski definition) is 1. The third-order valence-electron chi connectivity index (χ3n) is 2.98. The summed E-state index contributed by atoms with van der Waals surface area (Å²) >= 11 is 0. The van der Waals surface area contributed by atoms with Crippen LogP contribution in [0.2, 0.25) is 0 Å². The molecule has 2 rings (SSSR count). The fourth-order valence-corrected chi connectivity index (χ4v) is 3.02. The molecule has 0 aliphatic carbocycles. The molecule has 0 saturated heterocycles. The van der Waals surface area contributed by atoms with E-state index < -0.39 is 32.5 Å². The van der Waals surface area contributed by atoms with Crippen molar-refractivity contribution in [3.63, 3.8) is 0 Å². The number of ether oxygens (including phenoxy) is 1. The zero-order chi connectivity index (χ0) is 18.0. The van der Waals surface area contributed by atoms with Gasteiger partial charge in [0.2, 0.25) is 0 Å². The van der Waals surface area contributed by atoms with Crippen molar-refractivity contribution < 1.29 is 30.7 Å². The van der Waals surface area contributed by atoms with Crippen molar-refractivity contribution in [3.05, 3.63) is 53.8 Å². The monoisotopic (exact) mass is 363 g/mol. The predicted octanol–water partition coefficient (Wildman–Crippen LogP) is 4.04. The van der Waals surface area contributed by atoms with Gasteiger partial charge in [-0.25, -0.2) is 12.8 Å². The summed E-state index contributed by atoms with van der Waals surface area (Å²) in [6.45, 7) is 1.97. The predicted molar refractivity (Wildman–Crippen MR) is 79.8 cm³/mol. The second kappa shape index (κ2) is 6.68. The van der Waals surface area contributed by atoms with Gasteiger partial charge in [0.25, 0.3) is 10.0 Å². The van der Waals surface area contributed by atoms with E-state index in [1.54, 1.807) is 13.0 Å². The number of alkyl halides is 3. The van der Waals surface area contributed by atoms with E-state index in [4.69, 9.17) is 4.74 Å². The highest BCUT2D eigenvalue weighted by Crippen LogP contribution is 2.33. The van der Waals surface area contributed by atoms with E-state index in [2.05, 4.69) is 4.72 Å². The van der Waals surface area contributed by atoms with Crippen molar-refractivity contribution in [1.82, 2.24) is 0 Å². The van der Waals surface area contributed by atoms with E-state index >= 15 is 0 Å². The maximum absolute atomic E-state index is 13.3. The number of halogens is 4. The molecule has 0 amide bonds. The normalized spacial score (nSPS) is 12.0. The first-order valence-corrected chi connectivity index (χ1v) is 8.25. The molecule has 0 bridgehead atoms. The summed E-state index contributed by atoms with van der Waals surface area (Å²) in [5.74, 6) is -1.32. The van der Waals surface area contributed by atoms with Crippen molar-refractivity contribution in [3.8, 4) is 5.75 Å². The first-order valence-electron chi connectivity index (χ1n) is 6.76. The van der Waals surface area contributed by atoms with Gasteiger partial charge < -0.3 is 4.74 Å². The van der Waals surface area contributed by atoms with E-state index in [0.717, 1.165) is 6.07 Å². The molecular weight excluding hydrogens is 350 g/mol. The Labute approximate surface area is 136 Å². The number of rotatable bonds is 5. The maximum Gasteiger partial charge on any atom is 0.419 e. The third-order valence-corrected chi connectivity index (χ3v) is 4.35. The second-order valence-corrected chi connectivity index (χ2v) is 6.36. The van der Waals surface area contributed by atoms with Gasteiger partial charge >= 0.3 is 6.18 Å². The van der Waals surface area contributed by atoms with Crippen LogP contribution >= 0.6 is 0 Å². The van der Waals surface area contributed by atoms with Gasteiger partial charge in [0.15, 0.2) is 0 Å². The Morgan fingerprint density at radius 1 is 1.12 bits per heavy atom. The minimum atomic E-state index is -5.00. The molecule has 24 heavy (non-hydrogen) atoms. The molecule has 0 spiro atoms. The Balaban J connectivity index is 2.42. The molecule has 0 fully saturated rings. The topological polar surface area (TPSA) is 55.4 Å². The SMILES string of the molecule is CCOc1ccccc1NS(=O)(=O)c1ccc(F)c(C(F)(F)F)c1. The van der Waals surface area contributed by atoms with E-state index in [-0.39, 0.29) is 24.1 Å². The summed E-state index contributed by atoms with van der Waals surface area (Å²) in [6, 6.07) is 7.53. The quantitative estimate of drug-likeness (QED) is 0.816. The van der Waals surface area contributed by atoms with Crippen molar-refractivity contribution in [2.24, 2.45) is 0 Å². The van der Waals surface area contributed by atoms with Crippen molar-refractivity contribution >= 4 is 15.7 Å². The van der Waals surface area contributed by atoms with Gasteiger partial charge in [-0.3, -0.25) is 4.72 Å². The van der Waals surface area contributed by atoms with E-state index in [0.29, 0.717) is 6.07 Å². The number of benzene rings is 2. The second-order valence-electron chi connectivity index (χ2n) is 4.67. The molecule has 0 atom stereocenters. The lowest BCUT2D eigenvalue weighted by atomic mass is 10.2. The molecule has 0 heterocycles. The smallest absolute Gasteiger partial charge is 0.419 e. The van der Waals surface area contributed by atoms with Crippen LogP contribution in [0.3, 0.4) is 0 Å². The Bertz CT molecular complexity index is 835. The molecule has 9 heteroatoms. The van der Waals surface area contributed by atoms with E-state index in [9.17, 15) is 26.0 Å². The molecule has 4 nitrogen and oxygen atoms in total. The molecule has 1 N–H and O–H groups in total. The summed E-state index contributed by atoms with van der Waals surface area (Å²) in [5, 5.41) is 0. The summed E-state index contributed by atoms with van der Waals surface area (Å²) in [6.07, 6.45) is -5.00. The summed E-state index contributed by atoms with van der Waals surface area (Å²) in [4.78, 5) is -0.706. The Morgan fingerprint density at radius 2 is 1.79 bits per heavy atom. The summed E-state index contributed by atoms with van der Waals surface area (Å²) in [7, 11) is -4.35. The van der Waals surface area contributed by atoms with Crippen molar-refractivity contribution in [2.75, 3.05) is 11.3 Å². The van der Waals surface area contributed by atoms with Crippen LogP contribution in [0.1, 0.15) is 12.5 Å². The molecule has 0 aliphatic heterocycles. The van der Waals surface area contributed by atoms with Gasteiger partial charge in [0.1, 0.15) is 11.6 Å². The van der Waals surface area contributed by atoms with Crippen molar-refractivity contribution in [2.45, 2.75) is 18.0 Å². The van der Waals surface area contributed by atoms with Gasteiger partial charge in [0, 0.05) is 0 Å². The average Bonchev–Trinajstić information content (AvgIpc) is 2.48. The number of para-hydroxylation sites is 2. The standard InChI is InChI=1S/C15H13F4NO3S/c1-2-23-14-6-4-3-5-13(14)20-24(21,22)10-7-8-12(16)11(9-10)15(17,18)19/h3-9,20H,2H2,1H3. The van der Waals surface area contributed by atoms with Gasteiger partial charge in [-0.05, 0) is 37.3 Å². The molecule has 0 radical (unpaired) electrons. The number of nitrogens with one attached hydrogen (secondary N) is 1. The lowest BCUT2D eigenvalue weighted by Gasteiger charge is -2.14. The number of anilines is 1. The molecule has 0 saturated carbocycles. The van der Waals surface area contributed by atoms with Crippen LogP contribution in [0, 0.1) is 5.82 Å². The first kappa shape index (κ1) is 18.1. The molecule has 2 aromatic rings. The fourth-order valence-electron chi connectivity index (χ4n) is 1.92. The minimum absolute atomic E-state index is 0.0669. The van der Waals surface area contributed by atoms with Gasteiger partial charge in [-0.15, -0.1) is 0 Å². The van der Waals surface area contributed by atoms with Crippen molar-refractivity contribution in [1.29, 1.82) is 0 Å². The van der Waals surface area contributed by atoms with Crippen LogP contribution in [-0.2, 0) is 16.2 Å². The summed E-state index contributed by atoms with van der Waals surface area (Å²) in [5.41, 5.74) is -1.58. The lowest BCUT2D eigenvalue weighted by Crippen LogP contribution is -2.16. The Hall–Kier alpha value is -2.29. The highest BCUT2D eigenvalue weighted by atomic mass is 32.2. The van der Waals surface area contributed by atoms with Crippen LogP contribution in [0.4, 0.5) is 23.2 Å². The van der Waals surface area contributed by atoms with Crippen LogP contribution in [0.5, 0.6) is 5.75 Å². The molecular formula is C15H13F4NO3S. The van der Waals surface area contributed by atoms with Gasteiger partial charge in [0.05, 0.1) is 22.8 Å². The van der Waals surface area contributed by atoms with Gasteiger partial charge in [-0.1, -0.05) is 12.1 Å². The number of hydrogen-bond acceptors (Lipinski definition) is 3. The number of sulfonamides is 1. The molecule has 0 unspecified atom stereocenters. The highest BCUT2D eigenvalue weighted by Gasteiger charge is 2.35. The molecule has 0 aromatic heterocycles. The summed E-state index contributed by atoms with van der Waals surface area (Å²) < 4.78 is 83.5. The third kappa shape index (κ3) is 3.97. The Morgan fingerprint density at radius 3 is 2.42 bits per heavy atom. The maximum atomic E-state index is 13.3. The largest absolute Gasteiger partial charge is 0.492 e. The minimum Gasteiger partial charge on any atom is -0.492 e.